The van der Waals surface area contributed by atoms with E-state index in [2.05, 4.69) is 4.98 Å². The number of methoxy groups -OCH3 is 1. The van der Waals surface area contributed by atoms with E-state index in [1.54, 1.807) is 7.11 Å². The second-order valence-electron chi connectivity index (χ2n) is 5.26. The summed E-state index contributed by atoms with van der Waals surface area (Å²) in [5.41, 5.74) is 1.49. The lowest BCUT2D eigenvalue weighted by Gasteiger charge is -2.07. The molecule has 0 bridgehead atoms. The third-order valence-electron chi connectivity index (χ3n) is 3.62. The number of benzene rings is 2. The lowest BCUT2D eigenvalue weighted by atomic mass is 10.2. The Morgan fingerprint density at radius 1 is 1.04 bits per heavy atom. The molecule has 0 radical (unpaired) electrons. The number of carboxylic acids is 1. The summed E-state index contributed by atoms with van der Waals surface area (Å²) in [5, 5.41) is 9.94. The van der Waals surface area contributed by atoms with Gasteiger partial charge in [-0.15, -0.1) is 11.3 Å². The molecule has 0 saturated heterocycles. The molecule has 1 heterocycles. The van der Waals surface area contributed by atoms with Crippen LogP contribution in [0.15, 0.2) is 48.5 Å². The molecule has 0 aliphatic rings. The Hall–Kier alpha value is -2.86. The Morgan fingerprint density at radius 3 is 2.08 bits per heavy atom. The molecule has 0 atom stereocenters. The molecule has 25 heavy (non-hydrogen) atoms. The Kier molecular flexibility index (Phi) is 5.00. The van der Waals surface area contributed by atoms with Crippen LogP contribution in [-0.4, -0.2) is 23.2 Å². The monoisotopic (exact) mass is 355 g/mol. The van der Waals surface area contributed by atoms with Crippen molar-refractivity contribution in [2.45, 2.75) is 13.3 Å². The fourth-order valence-corrected chi connectivity index (χ4v) is 3.33. The number of carbonyl (C=O) groups is 1. The van der Waals surface area contributed by atoms with Gasteiger partial charge in [0.25, 0.3) is 0 Å². The van der Waals surface area contributed by atoms with Crippen LogP contribution in [0.5, 0.6) is 17.2 Å². The molecule has 0 amide bonds. The molecule has 0 aliphatic heterocycles. The average molecular weight is 355 g/mol. The van der Waals surface area contributed by atoms with Gasteiger partial charge in [-0.25, -0.2) is 9.78 Å². The van der Waals surface area contributed by atoms with E-state index in [9.17, 15) is 9.90 Å². The number of aromatic carboxylic acids is 1. The number of aryl methyl sites for hydroxylation is 1. The Labute approximate surface area is 149 Å². The largest absolute Gasteiger partial charge is 0.497 e. The molecule has 0 spiro atoms. The van der Waals surface area contributed by atoms with Crippen LogP contribution in [0.1, 0.15) is 22.3 Å². The summed E-state index contributed by atoms with van der Waals surface area (Å²) < 4.78 is 10.9. The first kappa shape index (κ1) is 17.0. The third kappa shape index (κ3) is 3.80. The molecule has 2 aromatic carbocycles. The second-order valence-corrected chi connectivity index (χ2v) is 6.25. The van der Waals surface area contributed by atoms with Gasteiger partial charge >= 0.3 is 5.97 Å². The zero-order chi connectivity index (χ0) is 17.8. The highest BCUT2D eigenvalue weighted by molar-refractivity contribution is 7.17. The van der Waals surface area contributed by atoms with Crippen molar-refractivity contribution in [3.05, 3.63) is 59.1 Å². The van der Waals surface area contributed by atoms with Gasteiger partial charge in [-0.3, -0.25) is 0 Å². The van der Waals surface area contributed by atoms with E-state index in [0.717, 1.165) is 11.3 Å². The lowest BCUT2D eigenvalue weighted by molar-refractivity contribution is 0.0701. The molecule has 5 nitrogen and oxygen atoms in total. The normalized spacial score (nSPS) is 10.5. The average Bonchev–Trinajstić information content (AvgIpc) is 3.08. The van der Waals surface area contributed by atoms with Crippen molar-refractivity contribution in [3.63, 3.8) is 0 Å². The number of nitrogens with zero attached hydrogens (tertiary/aromatic N) is 1. The third-order valence-corrected chi connectivity index (χ3v) is 4.76. The Balaban J connectivity index is 1.78. The molecular weight excluding hydrogens is 338 g/mol. The van der Waals surface area contributed by atoms with Crippen LogP contribution in [0, 0.1) is 0 Å². The summed E-state index contributed by atoms with van der Waals surface area (Å²) in [4.78, 5) is 16.0. The number of hydrogen-bond acceptors (Lipinski definition) is 5. The molecule has 6 heteroatoms. The first-order valence-corrected chi connectivity index (χ1v) is 8.57. The number of hydrogen-bond donors (Lipinski definition) is 1. The molecule has 1 aromatic heterocycles. The van der Waals surface area contributed by atoms with Gasteiger partial charge in [-0.2, -0.15) is 0 Å². The van der Waals surface area contributed by atoms with Crippen LogP contribution >= 0.6 is 11.3 Å². The zero-order valence-corrected chi connectivity index (χ0v) is 14.7. The van der Waals surface area contributed by atoms with E-state index in [0.29, 0.717) is 33.5 Å². The molecule has 3 rings (SSSR count). The highest BCUT2D eigenvalue weighted by Crippen LogP contribution is 2.31. The minimum atomic E-state index is -0.931. The number of thiazole rings is 1. The minimum absolute atomic E-state index is 0.302. The van der Waals surface area contributed by atoms with Crippen molar-refractivity contribution in [2.75, 3.05) is 7.11 Å². The summed E-state index contributed by atoms with van der Waals surface area (Å²) in [7, 11) is 1.62. The predicted molar refractivity (Wildman–Crippen MR) is 97.0 cm³/mol. The van der Waals surface area contributed by atoms with Crippen LogP contribution in [0.3, 0.4) is 0 Å². The van der Waals surface area contributed by atoms with Gasteiger partial charge in [-0.1, -0.05) is 6.92 Å². The van der Waals surface area contributed by atoms with Crippen LogP contribution in [0.2, 0.25) is 0 Å². The molecular formula is C19H17NO4S. The zero-order valence-electron chi connectivity index (χ0n) is 13.9. The minimum Gasteiger partial charge on any atom is -0.497 e. The summed E-state index contributed by atoms with van der Waals surface area (Å²) in [5.74, 6) is 1.25. The van der Waals surface area contributed by atoms with E-state index in [1.165, 1.54) is 11.3 Å². The van der Waals surface area contributed by atoms with E-state index in [1.807, 2.05) is 55.5 Å². The predicted octanol–water partition coefficient (Wildman–Crippen LogP) is 4.87. The maximum absolute atomic E-state index is 11.3. The SMILES string of the molecule is CCc1nc(-c2ccc(Oc3ccc(OC)cc3)cc2)sc1C(=O)O. The highest BCUT2D eigenvalue weighted by atomic mass is 32.1. The number of ether oxygens (including phenoxy) is 2. The van der Waals surface area contributed by atoms with Gasteiger partial charge in [0.05, 0.1) is 12.8 Å². The van der Waals surface area contributed by atoms with Crippen LogP contribution in [0.25, 0.3) is 10.6 Å². The van der Waals surface area contributed by atoms with Crippen LogP contribution in [0.4, 0.5) is 0 Å². The maximum atomic E-state index is 11.3. The fourth-order valence-electron chi connectivity index (χ4n) is 2.33. The summed E-state index contributed by atoms with van der Waals surface area (Å²) in [6, 6.07) is 14.8. The van der Waals surface area contributed by atoms with E-state index >= 15 is 0 Å². The van der Waals surface area contributed by atoms with Crippen LogP contribution < -0.4 is 9.47 Å². The van der Waals surface area contributed by atoms with Crippen molar-refractivity contribution >= 4 is 17.3 Å². The van der Waals surface area contributed by atoms with Gasteiger partial charge in [0.15, 0.2) is 0 Å². The van der Waals surface area contributed by atoms with Gasteiger partial charge in [-0.05, 0) is 55.0 Å². The highest BCUT2D eigenvalue weighted by Gasteiger charge is 2.16. The van der Waals surface area contributed by atoms with Gasteiger partial charge in [0, 0.05) is 5.56 Å². The summed E-state index contributed by atoms with van der Waals surface area (Å²) in [6.07, 6.45) is 0.594. The maximum Gasteiger partial charge on any atom is 0.347 e. The first-order valence-electron chi connectivity index (χ1n) is 7.76. The van der Waals surface area contributed by atoms with Crippen molar-refractivity contribution in [2.24, 2.45) is 0 Å². The molecule has 0 fully saturated rings. The molecule has 0 saturated carbocycles. The molecule has 128 valence electrons. The van der Waals surface area contributed by atoms with Crippen molar-refractivity contribution in [1.29, 1.82) is 0 Å². The molecule has 3 aromatic rings. The summed E-state index contributed by atoms with van der Waals surface area (Å²) >= 11 is 1.19. The molecule has 0 aliphatic carbocycles. The van der Waals surface area contributed by atoms with E-state index in [4.69, 9.17) is 9.47 Å². The van der Waals surface area contributed by atoms with Gasteiger partial charge in [0.1, 0.15) is 27.1 Å². The first-order chi connectivity index (χ1) is 12.1. The van der Waals surface area contributed by atoms with Gasteiger partial charge in [0.2, 0.25) is 0 Å². The molecule has 0 unspecified atom stereocenters. The standard InChI is InChI=1S/C19H17NO4S/c1-3-16-17(19(21)22)25-18(20-16)12-4-6-14(7-5-12)24-15-10-8-13(23-2)9-11-15/h4-11H,3H2,1-2H3,(H,21,22). The topological polar surface area (TPSA) is 68.7 Å². The smallest absolute Gasteiger partial charge is 0.347 e. The number of aromatic nitrogens is 1. The van der Waals surface area contributed by atoms with E-state index in [-0.39, 0.29) is 0 Å². The van der Waals surface area contributed by atoms with Crippen LogP contribution in [-0.2, 0) is 6.42 Å². The Bertz CT molecular complexity index is 869. The van der Waals surface area contributed by atoms with Crippen molar-refractivity contribution < 1.29 is 19.4 Å². The van der Waals surface area contributed by atoms with Crippen molar-refractivity contribution in [1.82, 2.24) is 4.98 Å². The molecule has 1 N–H and O–H groups in total. The Morgan fingerprint density at radius 2 is 1.60 bits per heavy atom. The second kappa shape index (κ2) is 7.36. The quantitative estimate of drug-likeness (QED) is 0.683. The fraction of sp³-hybridized carbons (Fsp3) is 0.158. The number of rotatable bonds is 6. The van der Waals surface area contributed by atoms with E-state index < -0.39 is 5.97 Å². The lowest BCUT2D eigenvalue weighted by Crippen LogP contribution is -1.97. The van der Waals surface area contributed by atoms with Crippen molar-refractivity contribution in [3.8, 4) is 27.8 Å². The van der Waals surface area contributed by atoms with Gasteiger partial charge < -0.3 is 14.6 Å². The summed E-state index contributed by atoms with van der Waals surface area (Å²) in [6.45, 7) is 1.90. The number of carboxylic acid groups (broad SMARTS) is 1.